The first-order valence-electron chi connectivity index (χ1n) is 6.10. The minimum absolute atomic E-state index is 0.269. The highest BCUT2D eigenvalue weighted by Crippen LogP contribution is 2.26. The minimum atomic E-state index is -0.972. The van der Waals surface area contributed by atoms with E-state index in [4.69, 9.17) is 10.5 Å². The highest BCUT2D eigenvalue weighted by molar-refractivity contribution is 5.15. The molecule has 5 heteroatoms. The Bertz CT molecular complexity index is 327. The SMILES string of the molecule is CCCn1cc(C(O)(CCCN)COC)cn1. The predicted molar refractivity (Wildman–Crippen MR) is 66.6 cm³/mol. The summed E-state index contributed by atoms with van der Waals surface area (Å²) in [4.78, 5) is 0. The molecule has 0 fully saturated rings. The van der Waals surface area contributed by atoms with Crippen molar-refractivity contribution >= 4 is 0 Å². The fraction of sp³-hybridized carbons (Fsp3) is 0.750. The molecule has 1 atom stereocenters. The van der Waals surface area contributed by atoms with Gasteiger partial charge in [0, 0.05) is 25.4 Å². The molecule has 1 heterocycles. The van der Waals surface area contributed by atoms with Crippen LogP contribution in [0.4, 0.5) is 0 Å². The molecule has 0 spiro atoms. The van der Waals surface area contributed by atoms with Crippen molar-refractivity contribution in [2.75, 3.05) is 20.3 Å². The van der Waals surface area contributed by atoms with E-state index in [1.165, 1.54) is 0 Å². The zero-order chi connectivity index (χ0) is 12.7. The summed E-state index contributed by atoms with van der Waals surface area (Å²) in [5.74, 6) is 0. The number of nitrogens with zero attached hydrogens (tertiary/aromatic N) is 2. The van der Waals surface area contributed by atoms with Gasteiger partial charge in [-0.3, -0.25) is 4.68 Å². The zero-order valence-electron chi connectivity index (χ0n) is 10.7. The molecule has 1 aromatic heterocycles. The second kappa shape index (κ2) is 6.74. The van der Waals surface area contributed by atoms with Crippen LogP contribution in [0.2, 0.25) is 0 Å². The molecule has 98 valence electrons. The van der Waals surface area contributed by atoms with Crippen molar-refractivity contribution in [1.82, 2.24) is 9.78 Å². The summed E-state index contributed by atoms with van der Waals surface area (Å²) in [6.45, 7) is 3.79. The van der Waals surface area contributed by atoms with Crippen LogP contribution in [0, 0.1) is 0 Å². The maximum Gasteiger partial charge on any atom is 0.116 e. The van der Waals surface area contributed by atoms with Crippen LogP contribution in [0.3, 0.4) is 0 Å². The molecule has 1 rings (SSSR count). The van der Waals surface area contributed by atoms with E-state index in [9.17, 15) is 5.11 Å². The van der Waals surface area contributed by atoms with Crippen LogP contribution in [0.1, 0.15) is 31.7 Å². The Morgan fingerprint density at radius 2 is 2.35 bits per heavy atom. The maximum atomic E-state index is 10.6. The Morgan fingerprint density at radius 3 is 2.94 bits per heavy atom. The predicted octanol–water partition coefficient (Wildman–Crippen LogP) is 0.866. The molecule has 0 saturated carbocycles. The second-order valence-electron chi connectivity index (χ2n) is 4.35. The van der Waals surface area contributed by atoms with Gasteiger partial charge in [0.1, 0.15) is 5.60 Å². The minimum Gasteiger partial charge on any atom is -0.383 e. The van der Waals surface area contributed by atoms with Crippen LogP contribution < -0.4 is 5.73 Å². The number of aryl methyl sites for hydroxylation is 1. The molecule has 0 bridgehead atoms. The molecule has 0 radical (unpaired) electrons. The third kappa shape index (κ3) is 3.80. The number of rotatable bonds is 8. The van der Waals surface area contributed by atoms with Crippen molar-refractivity contribution < 1.29 is 9.84 Å². The molecule has 0 aromatic carbocycles. The average molecular weight is 241 g/mol. The molecule has 0 saturated heterocycles. The van der Waals surface area contributed by atoms with E-state index in [0.717, 1.165) is 24.9 Å². The summed E-state index contributed by atoms with van der Waals surface area (Å²) in [5.41, 5.74) is 5.32. The van der Waals surface area contributed by atoms with Crippen LogP contribution in [-0.4, -0.2) is 35.1 Å². The van der Waals surface area contributed by atoms with Gasteiger partial charge in [0.15, 0.2) is 0 Å². The molecule has 3 N–H and O–H groups in total. The summed E-state index contributed by atoms with van der Waals surface area (Å²) in [6.07, 6.45) is 5.98. The lowest BCUT2D eigenvalue weighted by Crippen LogP contribution is -2.31. The highest BCUT2D eigenvalue weighted by Gasteiger charge is 2.30. The summed E-state index contributed by atoms with van der Waals surface area (Å²) in [6, 6.07) is 0. The number of nitrogens with two attached hydrogens (primary N) is 1. The number of ether oxygens (including phenoxy) is 1. The fourth-order valence-corrected chi connectivity index (χ4v) is 1.89. The Kier molecular flexibility index (Phi) is 5.61. The number of aliphatic hydroxyl groups is 1. The van der Waals surface area contributed by atoms with E-state index in [1.54, 1.807) is 13.3 Å². The van der Waals surface area contributed by atoms with Gasteiger partial charge in [-0.05, 0) is 25.8 Å². The normalized spacial score (nSPS) is 14.8. The lowest BCUT2D eigenvalue weighted by atomic mass is 9.92. The van der Waals surface area contributed by atoms with E-state index in [-0.39, 0.29) is 6.61 Å². The molecule has 1 unspecified atom stereocenters. The molecule has 0 aliphatic carbocycles. The van der Waals surface area contributed by atoms with Crippen LogP contribution in [-0.2, 0) is 16.9 Å². The van der Waals surface area contributed by atoms with Gasteiger partial charge >= 0.3 is 0 Å². The summed E-state index contributed by atoms with van der Waals surface area (Å²) < 4.78 is 6.95. The molecule has 5 nitrogen and oxygen atoms in total. The van der Waals surface area contributed by atoms with E-state index < -0.39 is 5.60 Å². The van der Waals surface area contributed by atoms with E-state index in [2.05, 4.69) is 12.0 Å². The van der Waals surface area contributed by atoms with Crippen LogP contribution >= 0.6 is 0 Å². The van der Waals surface area contributed by atoms with Crippen LogP contribution in [0.25, 0.3) is 0 Å². The highest BCUT2D eigenvalue weighted by atomic mass is 16.5. The maximum absolute atomic E-state index is 10.6. The van der Waals surface area contributed by atoms with Gasteiger partial charge in [-0.25, -0.2) is 0 Å². The van der Waals surface area contributed by atoms with E-state index in [1.807, 2.05) is 10.9 Å². The van der Waals surface area contributed by atoms with Gasteiger partial charge in [-0.2, -0.15) is 5.10 Å². The molecule has 17 heavy (non-hydrogen) atoms. The Hall–Kier alpha value is -0.910. The van der Waals surface area contributed by atoms with Crippen molar-refractivity contribution in [1.29, 1.82) is 0 Å². The van der Waals surface area contributed by atoms with Gasteiger partial charge in [0.2, 0.25) is 0 Å². The number of methoxy groups -OCH3 is 1. The van der Waals surface area contributed by atoms with Gasteiger partial charge in [-0.1, -0.05) is 6.92 Å². The largest absolute Gasteiger partial charge is 0.383 e. The van der Waals surface area contributed by atoms with Crippen molar-refractivity contribution in [3.05, 3.63) is 18.0 Å². The molecule has 0 aliphatic heterocycles. The molecule has 1 aromatic rings. The van der Waals surface area contributed by atoms with Gasteiger partial charge in [0.25, 0.3) is 0 Å². The topological polar surface area (TPSA) is 73.3 Å². The first kappa shape index (κ1) is 14.2. The molecule has 0 aliphatic rings. The Morgan fingerprint density at radius 1 is 1.59 bits per heavy atom. The Balaban J connectivity index is 2.79. The quantitative estimate of drug-likeness (QED) is 0.708. The first-order valence-corrected chi connectivity index (χ1v) is 6.10. The summed E-state index contributed by atoms with van der Waals surface area (Å²) >= 11 is 0. The van der Waals surface area contributed by atoms with E-state index >= 15 is 0 Å². The number of hydrogen-bond acceptors (Lipinski definition) is 4. The summed E-state index contributed by atoms with van der Waals surface area (Å²) in [5, 5.41) is 14.8. The molecular weight excluding hydrogens is 218 g/mol. The van der Waals surface area contributed by atoms with Crippen molar-refractivity contribution in [2.45, 2.75) is 38.3 Å². The van der Waals surface area contributed by atoms with Crippen LogP contribution in [0.5, 0.6) is 0 Å². The zero-order valence-corrected chi connectivity index (χ0v) is 10.7. The lowest BCUT2D eigenvalue weighted by Gasteiger charge is -2.26. The Labute approximate surface area is 103 Å². The smallest absolute Gasteiger partial charge is 0.116 e. The van der Waals surface area contributed by atoms with E-state index in [0.29, 0.717) is 13.0 Å². The third-order valence-electron chi connectivity index (χ3n) is 2.80. The van der Waals surface area contributed by atoms with Crippen molar-refractivity contribution in [3.8, 4) is 0 Å². The van der Waals surface area contributed by atoms with Crippen molar-refractivity contribution in [2.24, 2.45) is 5.73 Å². The fourth-order valence-electron chi connectivity index (χ4n) is 1.89. The van der Waals surface area contributed by atoms with Crippen LogP contribution in [0.15, 0.2) is 12.4 Å². The standard InChI is InChI=1S/C12H23N3O2/c1-3-7-15-9-11(8-14-15)12(16,10-17-2)5-4-6-13/h8-9,16H,3-7,10,13H2,1-2H3. The van der Waals surface area contributed by atoms with Gasteiger partial charge in [0.05, 0.1) is 12.8 Å². The van der Waals surface area contributed by atoms with Gasteiger partial charge < -0.3 is 15.6 Å². The summed E-state index contributed by atoms with van der Waals surface area (Å²) in [7, 11) is 1.59. The number of hydrogen-bond donors (Lipinski definition) is 2. The second-order valence-corrected chi connectivity index (χ2v) is 4.35. The van der Waals surface area contributed by atoms with Crippen molar-refractivity contribution in [3.63, 3.8) is 0 Å². The lowest BCUT2D eigenvalue weighted by molar-refractivity contribution is -0.0430. The average Bonchev–Trinajstić information content (AvgIpc) is 2.77. The number of aromatic nitrogens is 2. The first-order chi connectivity index (χ1) is 8.16. The third-order valence-corrected chi connectivity index (χ3v) is 2.80. The molecule has 0 amide bonds. The van der Waals surface area contributed by atoms with Gasteiger partial charge in [-0.15, -0.1) is 0 Å². The monoisotopic (exact) mass is 241 g/mol. The molecular formula is C12H23N3O2.